The lowest BCUT2D eigenvalue weighted by molar-refractivity contribution is 0.266. The summed E-state index contributed by atoms with van der Waals surface area (Å²) in [6, 6.07) is 22.8. The van der Waals surface area contributed by atoms with Crippen molar-refractivity contribution in [2.45, 2.75) is 189 Å². The van der Waals surface area contributed by atoms with Crippen molar-refractivity contribution in [2.75, 3.05) is 0 Å². The van der Waals surface area contributed by atoms with Crippen molar-refractivity contribution in [3.05, 3.63) is 113 Å². The minimum atomic E-state index is -0.230. The summed E-state index contributed by atoms with van der Waals surface area (Å²) in [7, 11) is 0. The average molecular weight is 1230 g/mol. The van der Waals surface area contributed by atoms with Crippen molar-refractivity contribution in [1.82, 2.24) is 0 Å². The van der Waals surface area contributed by atoms with Crippen molar-refractivity contribution < 1.29 is 0 Å². The summed E-state index contributed by atoms with van der Waals surface area (Å²) in [5.74, 6) is 2.57. The number of nitrogens with zero attached hydrogens (tertiary/aromatic N) is 4. The first-order chi connectivity index (χ1) is 39.5. The molecule has 0 fully saturated rings. The number of hydrogen-bond acceptors (Lipinski definition) is 14. The zero-order chi connectivity index (χ0) is 57.2. The third-order valence-corrected chi connectivity index (χ3v) is 25.1. The molecule has 6 nitrogen and oxygen atoms in total. The molecule has 4 unspecified atom stereocenters. The van der Waals surface area contributed by atoms with Crippen LogP contribution in [0.3, 0.4) is 0 Å². The molecule has 0 saturated heterocycles. The summed E-state index contributed by atoms with van der Waals surface area (Å²) in [6.45, 7) is 18.6. The Labute approximate surface area is 519 Å². The van der Waals surface area contributed by atoms with E-state index in [1.807, 2.05) is 57.7 Å². The predicted octanol–water partition coefficient (Wildman–Crippen LogP) is 22.7. The van der Waals surface area contributed by atoms with E-state index in [1.165, 1.54) is 140 Å². The number of nitrogens with one attached hydrogen (secondary N) is 2. The van der Waals surface area contributed by atoms with Gasteiger partial charge in [-0.1, -0.05) is 158 Å². The van der Waals surface area contributed by atoms with Crippen molar-refractivity contribution in [3.63, 3.8) is 0 Å². The molecular weight excluding hydrogens is 1150 g/mol. The van der Waals surface area contributed by atoms with Gasteiger partial charge in [-0.15, -0.1) is 68.0 Å². The number of rotatable bonds is 30. The first-order valence-electron chi connectivity index (χ1n) is 30.4. The van der Waals surface area contributed by atoms with Crippen molar-refractivity contribution in [2.24, 2.45) is 42.5 Å². The van der Waals surface area contributed by atoms with E-state index in [9.17, 15) is 10.8 Å². The van der Waals surface area contributed by atoms with Gasteiger partial charge in [0.1, 0.15) is 34.3 Å². The van der Waals surface area contributed by atoms with Crippen LogP contribution in [0.1, 0.15) is 211 Å². The van der Waals surface area contributed by atoms with Gasteiger partial charge in [-0.2, -0.15) is 0 Å². The second kappa shape index (κ2) is 29.0. The monoisotopic (exact) mass is 1230 g/mol. The van der Waals surface area contributed by atoms with E-state index in [1.54, 1.807) is 22.7 Å². The second-order valence-electron chi connectivity index (χ2n) is 22.8. The van der Waals surface area contributed by atoms with E-state index in [-0.39, 0.29) is 5.41 Å². The Bertz CT molecular complexity index is 3120. The maximum absolute atomic E-state index is 9.71. The molecule has 0 saturated carbocycles. The molecule has 8 heterocycles. The van der Waals surface area contributed by atoms with Crippen LogP contribution in [-0.4, -0.2) is 34.3 Å². The molecule has 0 amide bonds. The van der Waals surface area contributed by atoms with Gasteiger partial charge in [0.25, 0.3) is 0 Å². The van der Waals surface area contributed by atoms with E-state index >= 15 is 0 Å². The van der Waals surface area contributed by atoms with Gasteiger partial charge in [0.05, 0.1) is 9.75 Å². The normalized spacial score (nSPS) is 18.7. The molecule has 14 heteroatoms. The molecule has 0 bridgehead atoms. The van der Waals surface area contributed by atoms with Crippen molar-refractivity contribution in [3.8, 4) is 29.3 Å². The Morgan fingerprint density at radius 2 is 0.790 bits per heavy atom. The summed E-state index contributed by atoms with van der Waals surface area (Å²) in [6.07, 6.45) is 27.9. The Morgan fingerprint density at radius 3 is 1.15 bits per heavy atom. The van der Waals surface area contributed by atoms with Crippen molar-refractivity contribution >= 4 is 139 Å². The van der Waals surface area contributed by atoms with Gasteiger partial charge >= 0.3 is 0 Å². The maximum atomic E-state index is 9.71. The highest BCUT2D eigenvalue weighted by Gasteiger charge is 2.49. The lowest BCUT2D eigenvalue weighted by atomic mass is 9.65. The van der Waals surface area contributed by atoms with Gasteiger partial charge in [0.15, 0.2) is 0 Å². The highest BCUT2D eigenvalue weighted by molar-refractivity contribution is 7.79. The molecule has 3 aliphatic rings. The van der Waals surface area contributed by atoms with Crippen LogP contribution in [-0.2, 0) is 18.3 Å². The smallest absolute Gasteiger partial charge is 0.108 e. The number of allylic oxidation sites excluding steroid dienone is 2. The SMILES string of the molecule is CCCCC(CC)Cc1ccc(-c2ccc(C3=NC=C(c4cc5c(s4)-c4sc(C6=CN=C(c7ccc(-c8ccc(CC(CC)CCCC)s8)s7)C(=N)C6=NS)cc4C5(CC(CC)CCCC)CC(CC)CCCC)C(=NS)C3=N)s2)s1. The van der Waals surface area contributed by atoms with Gasteiger partial charge in [-0.05, 0) is 147 Å². The highest BCUT2D eigenvalue weighted by Crippen LogP contribution is 2.62. The van der Waals surface area contributed by atoms with Gasteiger partial charge in [0, 0.05) is 77.7 Å². The summed E-state index contributed by atoms with van der Waals surface area (Å²) < 4.78 is 9.18. The van der Waals surface area contributed by atoms with E-state index < -0.39 is 0 Å². The third kappa shape index (κ3) is 13.6. The van der Waals surface area contributed by atoms with E-state index in [0.717, 1.165) is 81.0 Å². The highest BCUT2D eigenvalue weighted by atomic mass is 32.1. The molecule has 81 heavy (non-hydrogen) atoms. The van der Waals surface area contributed by atoms with Crippen LogP contribution in [0.25, 0.3) is 40.4 Å². The van der Waals surface area contributed by atoms with Crippen LogP contribution < -0.4 is 0 Å². The Morgan fingerprint density at radius 1 is 0.444 bits per heavy atom. The van der Waals surface area contributed by atoms with Crippen LogP contribution in [0.4, 0.5) is 0 Å². The van der Waals surface area contributed by atoms with E-state index in [0.29, 0.717) is 46.1 Å². The number of unbranched alkanes of at least 4 members (excludes halogenated alkanes) is 4. The Hall–Kier alpha value is -3.60. The van der Waals surface area contributed by atoms with Crippen LogP contribution >= 0.6 is 93.7 Å². The first kappa shape index (κ1) is 61.9. The topological polar surface area (TPSA) is 97.1 Å². The average Bonchev–Trinajstić information content (AvgIpc) is 2.32. The standard InChI is InChI=1S/C67H84N6S8/c1-9-17-21-41(13-5)33-45-25-27-51(76-45)53-29-31-55(78-53)63-59(68)61(72-74)47(39-70-63)57-35-49-65(80-57)66-50(67(49,37-43(15-7)23-19-11-3)38-44(16-8)24-20-12-4)36-58(81-66)48-40-71-64(60(69)62(48)73-75)56-32-30-54(79-56)52-28-26-46(77-52)34-42(14-6)22-18-10-2/h25-32,35-36,39-44,68-69,74-75H,9-24,33-34,37-38H2,1-8H3. The largest absolute Gasteiger partial charge is 0.296 e. The second-order valence-corrected chi connectivity index (χ2v) is 29.8. The van der Waals surface area contributed by atoms with E-state index in [2.05, 4.69) is 150 Å². The minimum absolute atomic E-state index is 0.230. The van der Waals surface area contributed by atoms with Crippen LogP contribution in [0.15, 0.2) is 91.8 Å². The Balaban J connectivity index is 1.08. The molecule has 9 rings (SSSR count). The lowest BCUT2D eigenvalue weighted by Crippen LogP contribution is -2.31. The number of thiol groups is 2. The molecule has 4 atom stereocenters. The zero-order valence-corrected chi connectivity index (χ0v) is 55.7. The summed E-state index contributed by atoms with van der Waals surface area (Å²) in [5.41, 5.74) is 7.33. The fraction of sp³-hybridized carbons (Fsp3) is 0.493. The van der Waals surface area contributed by atoms with Crippen LogP contribution in [0.5, 0.6) is 0 Å². The lowest BCUT2D eigenvalue weighted by Gasteiger charge is -2.38. The zero-order valence-electron chi connectivity index (χ0n) is 49.0. The number of thiophene rings is 6. The Kier molecular flexibility index (Phi) is 22.2. The third-order valence-electron chi connectivity index (χ3n) is 17.5. The molecule has 6 aromatic heterocycles. The maximum Gasteiger partial charge on any atom is 0.108 e. The number of fused-ring (bicyclic) bond motifs is 3. The molecule has 2 N–H and O–H groups in total. The molecule has 0 spiro atoms. The molecule has 0 radical (unpaired) electrons. The van der Waals surface area contributed by atoms with Gasteiger partial charge < -0.3 is 0 Å². The van der Waals surface area contributed by atoms with Crippen LogP contribution in [0.2, 0.25) is 0 Å². The fourth-order valence-corrected chi connectivity index (χ4v) is 20.0. The van der Waals surface area contributed by atoms with Gasteiger partial charge in [-0.3, -0.25) is 20.8 Å². The van der Waals surface area contributed by atoms with Crippen LogP contribution in [0, 0.1) is 34.5 Å². The summed E-state index contributed by atoms with van der Waals surface area (Å²) >= 11 is 20.1. The first-order valence-corrected chi connectivity index (χ1v) is 36.1. The number of hydrogen-bond donors (Lipinski definition) is 4. The molecule has 1 aliphatic carbocycles. The quantitative estimate of drug-likeness (QED) is 0.0323. The number of aliphatic imine (C=N–C) groups is 2. The molecule has 0 aromatic carbocycles. The van der Waals surface area contributed by atoms with E-state index in [4.69, 9.17) is 9.98 Å². The molecule has 6 aromatic rings. The summed E-state index contributed by atoms with van der Waals surface area (Å²) in [5, 5.41) is 19.4. The van der Waals surface area contributed by atoms with Crippen molar-refractivity contribution in [1.29, 1.82) is 10.8 Å². The van der Waals surface area contributed by atoms with Gasteiger partial charge in [0.2, 0.25) is 0 Å². The summed E-state index contributed by atoms with van der Waals surface area (Å²) in [4.78, 5) is 24.8. The molecule has 430 valence electrons. The fourth-order valence-electron chi connectivity index (χ4n) is 12.5. The van der Waals surface area contributed by atoms with Gasteiger partial charge in [-0.25, -0.2) is 8.80 Å². The molecular formula is C67H84N6S8. The minimum Gasteiger partial charge on any atom is -0.296 e. The predicted molar refractivity (Wildman–Crippen MR) is 371 cm³/mol. The molecule has 2 aliphatic heterocycles.